The third kappa shape index (κ3) is 3.78. The molecule has 0 saturated heterocycles. The lowest BCUT2D eigenvalue weighted by Gasteiger charge is -2.30. The van der Waals surface area contributed by atoms with E-state index in [2.05, 4.69) is 0 Å². The highest BCUT2D eigenvalue weighted by Gasteiger charge is 2.44. The summed E-state index contributed by atoms with van der Waals surface area (Å²) in [5.74, 6) is 0. The molecule has 0 radical (unpaired) electrons. The summed E-state index contributed by atoms with van der Waals surface area (Å²) in [5, 5.41) is 0. The maximum atomic E-state index is 13.2. The van der Waals surface area contributed by atoms with E-state index in [9.17, 15) is 26.3 Å². The zero-order chi connectivity index (χ0) is 18.6. The molecule has 0 fully saturated rings. The highest BCUT2D eigenvalue weighted by molar-refractivity contribution is 5.62. The highest BCUT2D eigenvalue weighted by Crippen LogP contribution is 2.43. The molecule has 132 valence electrons. The van der Waals surface area contributed by atoms with Gasteiger partial charge in [-0.1, -0.05) is 12.2 Å². The van der Waals surface area contributed by atoms with E-state index in [0.29, 0.717) is 12.2 Å². The van der Waals surface area contributed by atoms with Crippen molar-refractivity contribution >= 4 is 0 Å². The molecule has 2 aliphatic carbocycles. The molecule has 0 aromatic rings. The van der Waals surface area contributed by atoms with E-state index in [0.717, 1.165) is 24.3 Å². The van der Waals surface area contributed by atoms with E-state index < -0.39 is 46.0 Å². The lowest BCUT2D eigenvalue weighted by atomic mass is 9.84. The molecule has 4 nitrogen and oxygen atoms in total. The second-order valence-corrected chi connectivity index (χ2v) is 5.61. The van der Waals surface area contributed by atoms with Gasteiger partial charge in [-0.25, -0.2) is 0 Å². The van der Waals surface area contributed by atoms with Gasteiger partial charge in [-0.05, 0) is 35.5 Å². The molecule has 24 heavy (non-hydrogen) atoms. The maximum Gasteiger partial charge on any atom is 0.416 e. The zero-order valence-electron chi connectivity index (χ0n) is 12.0. The standard InChI is InChI=1S/C14H14F6N4/c15-13(16,17)9-5-11(21,22)3-1-7(9)8-2-4-12(23,24)6-10(8)14(18,19)20/h1-6H,21-24H2. The Morgan fingerprint density at radius 3 is 1.17 bits per heavy atom. The first-order chi connectivity index (χ1) is 10.6. The van der Waals surface area contributed by atoms with E-state index in [1.807, 2.05) is 0 Å². The largest absolute Gasteiger partial charge is 0.416 e. The van der Waals surface area contributed by atoms with Crippen molar-refractivity contribution in [2.24, 2.45) is 22.9 Å². The van der Waals surface area contributed by atoms with Gasteiger partial charge in [-0.3, -0.25) is 0 Å². The van der Waals surface area contributed by atoms with E-state index >= 15 is 0 Å². The molecule has 2 rings (SSSR count). The normalized spacial score (nSPS) is 26.2. The summed E-state index contributed by atoms with van der Waals surface area (Å²) in [5.41, 5.74) is 13.6. The molecule has 0 bridgehead atoms. The molecule has 0 heterocycles. The molecule has 0 aliphatic heterocycles. The van der Waals surface area contributed by atoms with Crippen molar-refractivity contribution < 1.29 is 26.3 Å². The first-order valence-electron chi connectivity index (χ1n) is 6.51. The summed E-state index contributed by atoms with van der Waals surface area (Å²) in [6.07, 6.45) is -5.43. The lowest BCUT2D eigenvalue weighted by Crippen LogP contribution is -2.48. The monoisotopic (exact) mass is 352 g/mol. The van der Waals surface area contributed by atoms with Crippen LogP contribution in [-0.4, -0.2) is 23.7 Å². The van der Waals surface area contributed by atoms with Gasteiger partial charge in [-0.15, -0.1) is 0 Å². The summed E-state index contributed by atoms with van der Waals surface area (Å²) in [4.78, 5) is 0. The van der Waals surface area contributed by atoms with Crippen molar-refractivity contribution in [1.82, 2.24) is 0 Å². The van der Waals surface area contributed by atoms with Gasteiger partial charge in [0.25, 0.3) is 0 Å². The minimum atomic E-state index is -4.96. The molecule has 0 amide bonds. The number of hydrogen-bond acceptors (Lipinski definition) is 4. The quantitative estimate of drug-likeness (QED) is 0.393. The molecular formula is C14H14F6N4. The molecule has 10 heteroatoms. The molecule has 0 spiro atoms. The van der Waals surface area contributed by atoms with E-state index in [1.165, 1.54) is 0 Å². The Hall–Kier alpha value is -1.88. The minimum absolute atomic E-state index is 0.462. The predicted molar refractivity (Wildman–Crippen MR) is 75.8 cm³/mol. The van der Waals surface area contributed by atoms with Gasteiger partial charge >= 0.3 is 12.4 Å². The summed E-state index contributed by atoms with van der Waals surface area (Å²) >= 11 is 0. The molecule has 0 aromatic heterocycles. The average Bonchev–Trinajstić information content (AvgIpc) is 2.35. The second-order valence-electron chi connectivity index (χ2n) is 5.61. The van der Waals surface area contributed by atoms with Gasteiger partial charge in [0.2, 0.25) is 0 Å². The van der Waals surface area contributed by atoms with Crippen molar-refractivity contribution in [3.63, 3.8) is 0 Å². The Morgan fingerprint density at radius 1 is 0.625 bits per heavy atom. The molecular weight excluding hydrogens is 338 g/mol. The summed E-state index contributed by atoms with van der Waals surface area (Å²) in [6.45, 7) is 0. The Bertz CT molecular complexity index is 642. The molecule has 0 aromatic carbocycles. The van der Waals surface area contributed by atoms with Crippen LogP contribution in [0.5, 0.6) is 0 Å². The fourth-order valence-corrected chi connectivity index (χ4v) is 2.33. The Morgan fingerprint density at radius 2 is 0.917 bits per heavy atom. The Kier molecular flexibility index (Phi) is 4.09. The van der Waals surface area contributed by atoms with Gasteiger partial charge in [0, 0.05) is 0 Å². The third-order valence-corrected chi connectivity index (χ3v) is 3.35. The van der Waals surface area contributed by atoms with Crippen LogP contribution in [0.25, 0.3) is 0 Å². The SMILES string of the molecule is NC1(N)C=CC(=C2C=CC(N)(N)C=C2C(F)(F)F)C(C(F)(F)F)=C1. The van der Waals surface area contributed by atoms with Crippen molar-refractivity contribution in [3.8, 4) is 0 Å². The van der Waals surface area contributed by atoms with Gasteiger partial charge in [-0.2, -0.15) is 26.3 Å². The van der Waals surface area contributed by atoms with Crippen LogP contribution >= 0.6 is 0 Å². The van der Waals surface area contributed by atoms with Crippen LogP contribution in [0, 0.1) is 0 Å². The van der Waals surface area contributed by atoms with Crippen LogP contribution < -0.4 is 22.9 Å². The molecule has 0 unspecified atom stereocenters. The molecule has 0 atom stereocenters. The number of rotatable bonds is 0. The Labute approximate surface area is 132 Å². The van der Waals surface area contributed by atoms with Crippen LogP contribution in [0.2, 0.25) is 0 Å². The molecule has 8 N–H and O–H groups in total. The predicted octanol–water partition coefficient (Wildman–Crippen LogP) is 1.63. The van der Waals surface area contributed by atoms with Crippen molar-refractivity contribution in [2.45, 2.75) is 23.7 Å². The van der Waals surface area contributed by atoms with Crippen LogP contribution in [-0.2, 0) is 0 Å². The van der Waals surface area contributed by atoms with Gasteiger partial charge in [0.1, 0.15) is 11.3 Å². The van der Waals surface area contributed by atoms with E-state index in [4.69, 9.17) is 22.9 Å². The summed E-state index contributed by atoms with van der Waals surface area (Å²) in [6, 6.07) is 0. The summed E-state index contributed by atoms with van der Waals surface area (Å²) in [7, 11) is 0. The topological polar surface area (TPSA) is 104 Å². The Balaban J connectivity index is 2.73. The fraction of sp³-hybridized carbons (Fsp3) is 0.286. The summed E-state index contributed by atoms with van der Waals surface area (Å²) < 4.78 is 79.5. The van der Waals surface area contributed by atoms with Crippen LogP contribution in [0.3, 0.4) is 0 Å². The fourth-order valence-electron chi connectivity index (χ4n) is 2.33. The number of hydrogen-bond donors (Lipinski definition) is 4. The second kappa shape index (κ2) is 5.31. The van der Waals surface area contributed by atoms with Gasteiger partial charge in [0.05, 0.1) is 11.1 Å². The lowest BCUT2D eigenvalue weighted by molar-refractivity contribution is -0.0927. The van der Waals surface area contributed by atoms with Gasteiger partial charge < -0.3 is 22.9 Å². The van der Waals surface area contributed by atoms with Crippen molar-refractivity contribution in [3.05, 3.63) is 58.7 Å². The minimum Gasteiger partial charge on any atom is -0.307 e. The van der Waals surface area contributed by atoms with Crippen LogP contribution in [0.15, 0.2) is 58.7 Å². The highest BCUT2D eigenvalue weighted by atomic mass is 19.4. The first-order valence-corrected chi connectivity index (χ1v) is 6.51. The van der Waals surface area contributed by atoms with Gasteiger partial charge in [0.15, 0.2) is 0 Å². The van der Waals surface area contributed by atoms with Crippen molar-refractivity contribution in [1.29, 1.82) is 0 Å². The number of nitrogens with two attached hydrogens (primary N) is 4. The number of allylic oxidation sites excluding steroid dienone is 6. The van der Waals surface area contributed by atoms with E-state index in [1.54, 1.807) is 0 Å². The van der Waals surface area contributed by atoms with Crippen LogP contribution in [0.1, 0.15) is 0 Å². The maximum absolute atomic E-state index is 13.2. The van der Waals surface area contributed by atoms with Crippen molar-refractivity contribution in [2.75, 3.05) is 0 Å². The zero-order valence-corrected chi connectivity index (χ0v) is 12.0. The molecule has 2 aliphatic rings. The molecule has 0 saturated carbocycles. The van der Waals surface area contributed by atoms with E-state index in [-0.39, 0.29) is 0 Å². The van der Waals surface area contributed by atoms with Crippen LogP contribution in [0.4, 0.5) is 26.3 Å². The third-order valence-electron chi connectivity index (χ3n) is 3.35. The smallest absolute Gasteiger partial charge is 0.307 e. The number of halogens is 6. The first kappa shape index (κ1) is 18.5. The number of alkyl halides is 6. The average molecular weight is 352 g/mol.